The van der Waals surface area contributed by atoms with Crippen LogP contribution in [0, 0.1) is 3.57 Å². The number of nitrogens with two attached hydrogens (primary N) is 1. The molecule has 154 valence electrons. The lowest BCUT2D eigenvalue weighted by atomic mass is 10.1. The van der Waals surface area contributed by atoms with Gasteiger partial charge in [-0.2, -0.15) is 0 Å². The maximum absolute atomic E-state index is 6.06. The number of rotatable bonds is 6. The van der Waals surface area contributed by atoms with E-state index in [0.29, 0.717) is 11.3 Å². The van der Waals surface area contributed by atoms with Crippen molar-refractivity contribution < 1.29 is 9.47 Å². The number of anilines is 1. The van der Waals surface area contributed by atoms with Crippen LogP contribution in [0.4, 0.5) is 5.82 Å². The number of imidazole rings is 1. The van der Waals surface area contributed by atoms with Crippen LogP contribution in [0.15, 0.2) is 28.5 Å². The van der Waals surface area contributed by atoms with E-state index in [1.54, 1.807) is 11.8 Å². The molecule has 2 aromatic heterocycles. The summed E-state index contributed by atoms with van der Waals surface area (Å²) >= 11 is 3.87. The van der Waals surface area contributed by atoms with Gasteiger partial charge in [-0.15, -0.1) is 0 Å². The highest BCUT2D eigenvalue weighted by molar-refractivity contribution is 14.1. The van der Waals surface area contributed by atoms with Gasteiger partial charge in [0, 0.05) is 20.5 Å². The molecule has 4 rings (SSSR count). The molecular formula is C19H23IN6O2S. The Bertz CT molecular complexity index is 1050. The number of fused-ring (bicyclic) bond motifs is 2. The van der Waals surface area contributed by atoms with Crippen LogP contribution in [0.3, 0.4) is 0 Å². The van der Waals surface area contributed by atoms with Crippen molar-refractivity contribution >= 4 is 51.3 Å². The van der Waals surface area contributed by atoms with Gasteiger partial charge in [-0.1, -0.05) is 11.8 Å². The third kappa shape index (κ3) is 4.53. The Labute approximate surface area is 187 Å². The summed E-state index contributed by atoms with van der Waals surface area (Å²) in [6.45, 7) is 8.42. The van der Waals surface area contributed by atoms with Crippen LogP contribution in [0.25, 0.3) is 11.2 Å². The van der Waals surface area contributed by atoms with Crippen LogP contribution in [-0.4, -0.2) is 38.4 Å². The molecule has 0 unspecified atom stereocenters. The first-order chi connectivity index (χ1) is 13.8. The van der Waals surface area contributed by atoms with Crippen molar-refractivity contribution in [2.75, 3.05) is 19.1 Å². The number of nitrogen functional groups attached to an aromatic ring is 1. The number of aromatic nitrogens is 4. The molecule has 0 amide bonds. The Hall–Kier alpha value is -1.79. The molecule has 8 nitrogen and oxygen atoms in total. The minimum atomic E-state index is 0.0871. The van der Waals surface area contributed by atoms with Crippen molar-refractivity contribution in [2.45, 2.75) is 49.3 Å². The summed E-state index contributed by atoms with van der Waals surface area (Å²) in [6, 6.07) is 3.98. The van der Waals surface area contributed by atoms with Crippen molar-refractivity contribution in [3.05, 3.63) is 22.0 Å². The van der Waals surface area contributed by atoms with Gasteiger partial charge in [0.25, 0.3) is 0 Å². The molecule has 0 saturated heterocycles. The Morgan fingerprint density at radius 3 is 2.76 bits per heavy atom. The van der Waals surface area contributed by atoms with E-state index in [4.69, 9.17) is 20.2 Å². The fourth-order valence-corrected chi connectivity index (χ4v) is 4.70. The second-order valence-corrected chi connectivity index (χ2v) is 9.92. The molecule has 0 spiro atoms. The summed E-state index contributed by atoms with van der Waals surface area (Å²) in [4.78, 5) is 14.3. The van der Waals surface area contributed by atoms with E-state index in [0.717, 1.165) is 50.3 Å². The highest BCUT2D eigenvalue weighted by atomic mass is 131. The maximum Gasteiger partial charge on any atom is 0.231 e. The highest BCUT2D eigenvalue weighted by Crippen LogP contribution is 2.41. The van der Waals surface area contributed by atoms with Gasteiger partial charge in [-0.05, 0) is 68.5 Å². The first-order valence-electron chi connectivity index (χ1n) is 9.30. The molecular weight excluding hydrogens is 507 g/mol. The molecule has 1 aliphatic rings. The molecule has 1 aromatic carbocycles. The van der Waals surface area contributed by atoms with Crippen molar-refractivity contribution in [1.29, 1.82) is 0 Å². The largest absolute Gasteiger partial charge is 0.454 e. The molecule has 3 aromatic rings. The number of hydrogen-bond acceptors (Lipinski definition) is 8. The van der Waals surface area contributed by atoms with Crippen molar-refractivity contribution in [3.63, 3.8) is 0 Å². The maximum atomic E-state index is 6.06. The summed E-state index contributed by atoms with van der Waals surface area (Å²) in [5.41, 5.74) is 7.54. The number of aryl methyl sites for hydroxylation is 1. The fourth-order valence-electron chi connectivity index (χ4n) is 2.99. The Kier molecular flexibility index (Phi) is 5.76. The van der Waals surface area contributed by atoms with Gasteiger partial charge in [0.15, 0.2) is 33.6 Å². The topological polar surface area (TPSA) is 100 Å². The lowest BCUT2D eigenvalue weighted by molar-refractivity contribution is 0.174. The molecule has 0 saturated carbocycles. The third-order valence-corrected chi connectivity index (χ3v) is 6.68. The van der Waals surface area contributed by atoms with E-state index >= 15 is 0 Å². The molecule has 0 fully saturated rings. The van der Waals surface area contributed by atoms with Gasteiger partial charge in [-0.3, -0.25) is 0 Å². The quantitative estimate of drug-likeness (QED) is 0.368. The predicted octanol–water partition coefficient (Wildman–Crippen LogP) is 3.67. The van der Waals surface area contributed by atoms with Crippen LogP contribution in [0.1, 0.15) is 27.2 Å². The number of ether oxygens (including phenoxy) is 2. The van der Waals surface area contributed by atoms with E-state index in [1.807, 2.05) is 12.1 Å². The van der Waals surface area contributed by atoms with Gasteiger partial charge in [-0.25, -0.2) is 15.0 Å². The van der Waals surface area contributed by atoms with Crippen molar-refractivity contribution in [2.24, 2.45) is 0 Å². The number of nitrogens with zero attached hydrogens (tertiary/aromatic N) is 4. The molecule has 0 aliphatic carbocycles. The zero-order chi connectivity index (χ0) is 20.6. The zero-order valence-corrected chi connectivity index (χ0v) is 19.5. The van der Waals surface area contributed by atoms with Gasteiger partial charge >= 0.3 is 0 Å². The molecule has 10 heteroatoms. The molecule has 0 radical (unpaired) electrons. The summed E-state index contributed by atoms with van der Waals surface area (Å²) in [7, 11) is 0. The second kappa shape index (κ2) is 8.15. The van der Waals surface area contributed by atoms with Gasteiger partial charge < -0.3 is 25.1 Å². The molecule has 29 heavy (non-hydrogen) atoms. The number of halogens is 1. The molecule has 3 heterocycles. The monoisotopic (exact) mass is 530 g/mol. The second-order valence-electron chi connectivity index (χ2n) is 7.75. The summed E-state index contributed by atoms with van der Waals surface area (Å²) in [5.74, 6) is 1.92. The fraction of sp³-hybridized carbons (Fsp3) is 0.421. The predicted molar refractivity (Wildman–Crippen MR) is 122 cm³/mol. The number of hydrogen-bond donors (Lipinski definition) is 2. The number of nitrogens with one attached hydrogen (secondary N) is 1. The molecule has 3 N–H and O–H groups in total. The summed E-state index contributed by atoms with van der Waals surface area (Å²) in [5, 5.41) is 4.35. The molecule has 0 atom stereocenters. The van der Waals surface area contributed by atoms with Crippen LogP contribution < -0.4 is 20.5 Å². The average molecular weight is 530 g/mol. The molecule has 0 bridgehead atoms. The van der Waals surface area contributed by atoms with E-state index in [9.17, 15) is 0 Å². The lowest BCUT2D eigenvalue weighted by Gasteiger charge is -2.20. The van der Waals surface area contributed by atoms with E-state index in [1.165, 1.54) is 6.33 Å². The zero-order valence-electron chi connectivity index (χ0n) is 16.5. The summed E-state index contributed by atoms with van der Waals surface area (Å²) in [6.07, 6.45) is 2.43. The van der Waals surface area contributed by atoms with Gasteiger partial charge in [0.1, 0.15) is 6.33 Å². The average Bonchev–Trinajstić information content (AvgIpc) is 3.23. The molecule has 1 aliphatic heterocycles. The minimum absolute atomic E-state index is 0.0871. The standard InChI is InChI=1S/C19H23IN6O2S/c1-19(2,3)24-5-4-6-26-17-15(16(21)22-9-23-17)25-18(26)29-14-8-13-12(7-11(14)20)27-10-28-13/h7-9,24H,4-6,10H2,1-3H3,(H2,21,22,23)/i20+4. The summed E-state index contributed by atoms with van der Waals surface area (Å²) < 4.78 is 14.2. The third-order valence-electron chi connectivity index (χ3n) is 4.37. The van der Waals surface area contributed by atoms with Crippen molar-refractivity contribution in [1.82, 2.24) is 24.8 Å². The smallest absolute Gasteiger partial charge is 0.231 e. The minimum Gasteiger partial charge on any atom is -0.454 e. The lowest BCUT2D eigenvalue weighted by Crippen LogP contribution is -2.36. The highest BCUT2D eigenvalue weighted by Gasteiger charge is 2.20. The van der Waals surface area contributed by atoms with Crippen molar-refractivity contribution in [3.8, 4) is 11.5 Å². The normalized spacial score (nSPS) is 13.4. The first kappa shape index (κ1) is 20.5. The Balaban J connectivity index is 1.64. The number of benzene rings is 1. The first-order valence-corrected chi connectivity index (χ1v) is 11.2. The van der Waals surface area contributed by atoms with E-state index < -0.39 is 0 Å². The van der Waals surface area contributed by atoms with Crippen LogP contribution >= 0.6 is 34.4 Å². The Morgan fingerprint density at radius 1 is 1.24 bits per heavy atom. The van der Waals surface area contributed by atoms with Gasteiger partial charge in [0.05, 0.1) is 0 Å². The Morgan fingerprint density at radius 2 is 2.00 bits per heavy atom. The van der Waals surface area contributed by atoms with Crippen LogP contribution in [0.5, 0.6) is 11.5 Å². The SMILES string of the molecule is CC(C)(C)NCCCn1c(Sc2cc3c(cc2[131I])OCO3)nc2c(N)ncnc21. The van der Waals surface area contributed by atoms with E-state index in [2.05, 4.69) is 63.2 Å². The van der Waals surface area contributed by atoms with E-state index in [-0.39, 0.29) is 12.3 Å². The van der Waals surface area contributed by atoms with Crippen LogP contribution in [-0.2, 0) is 6.54 Å². The van der Waals surface area contributed by atoms with Crippen LogP contribution in [0.2, 0.25) is 0 Å². The van der Waals surface area contributed by atoms with Gasteiger partial charge in [0.2, 0.25) is 6.79 Å².